The number of carbonyl (C=O) groups is 2. The monoisotopic (exact) mass is 347 g/mol. The fraction of sp³-hybridized carbons (Fsp3) is 0.0625. The zero-order chi connectivity index (χ0) is 16.4. The summed E-state index contributed by atoms with van der Waals surface area (Å²) in [5.74, 6) is -0.860. The van der Waals surface area contributed by atoms with Crippen LogP contribution in [0.2, 0.25) is 10.0 Å². The SMILES string of the molecule is O=C(NC1C=Nc2ccc(Cl)cc2NC1=O)c1ccccc1Cl. The van der Waals surface area contributed by atoms with Crippen molar-refractivity contribution in [1.29, 1.82) is 0 Å². The third-order valence-electron chi connectivity index (χ3n) is 3.27. The van der Waals surface area contributed by atoms with E-state index in [9.17, 15) is 9.59 Å². The molecule has 116 valence electrons. The predicted molar refractivity (Wildman–Crippen MR) is 90.9 cm³/mol. The van der Waals surface area contributed by atoms with Crippen molar-refractivity contribution in [2.45, 2.75) is 6.04 Å². The highest BCUT2D eigenvalue weighted by Crippen LogP contribution is 2.29. The summed E-state index contributed by atoms with van der Waals surface area (Å²) >= 11 is 11.9. The Bertz CT molecular complexity index is 821. The van der Waals surface area contributed by atoms with Gasteiger partial charge in [0.2, 0.25) is 0 Å². The third kappa shape index (κ3) is 3.36. The van der Waals surface area contributed by atoms with Crippen LogP contribution in [-0.4, -0.2) is 24.1 Å². The number of nitrogens with zero attached hydrogens (tertiary/aromatic N) is 1. The lowest BCUT2D eigenvalue weighted by Crippen LogP contribution is -2.44. The Kier molecular flexibility index (Phi) is 4.32. The molecule has 0 aliphatic carbocycles. The molecule has 0 bridgehead atoms. The van der Waals surface area contributed by atoms with Crippen LogP contribution in [0, 0.1) is 0 Å². The molecule has 2 N–H and O–H groups in total. The van der Waals surface area contributed by atoms with E-state index in [1.165, 1.54) is 6.21 Å². The van der Waals surface area contributed by atoms with Gasteiger partial charge in [-0.3, -0.25) is 14.6 Å². The zero-order valence-corrected chi connectivity index (χ0v) is 13.2. The number of fused-ring (bicyclic) bond motifs is 1. The van der Waals surface area contributed by atoms with E-state index < -0.39 is 17.9 Å². The van der Waals surface area contributed by atoms with Crippen LogP contribution >= 0.6 is 23.2 Å². The number of amides is 2. The number of nitrogens with one attached hydrogen (secondary N) is 2. The maximum absolute atomic E-state index is 12.3. The molecular weight excluding hydrogens is 337 g/mol. The first-order valence-electron chi connectivity index (χ1n) is 6.74. The Morgan fingerprint density at radius 3 is 2.74 bits per heavy atom. The van der Waals surface area contributed by atoms with Crippen LogP contribution in [0.5, 0.6) is 0 Å². The number of rotatable bonds is 2. The lowest BCUT2D eigenvalue weighted by Gasteiger charge is -2.13. The van der Waals surface area contributed by atoms with E-state index in [0.29, 0.717) is 27.0 Å². The number of benzene rings is 2. The molecule has 1 aliphatic heterocycles. The van der Waals surface area contributed by atoms with Gasteiger partial charge in [-0.2, -0.15) is 0 Å². The van der Waals surface area contributed by atoms with Crippen molar-refractivity contribution >= 4 is 52.6 Å². The summed E-state index contributed by atoms with van der Waals surface area (Å²) in [6, 6.07) is 10.7. The summed E-state index contributed by atoms with van der Waals surface area (Å²) in [7, 11) is 0. The average molecular weight is 348 g/mol. The maximum Gasteiger partial charge on any atom is 0.253 e. The molecule has 5 nitrogen and oxygen atoms in total. The van der Waals surface area contributed by atoms with Crippen LogP contribution in [-0.2, 0) is 4.79 Å². The summed E-state index contributed by atoms with van der Waals surface area (Å²) in [5, 5.41) is 6.08. The summed E-state index contributed by atoms with van der Waals surface area (Å²) in [6.07, 6.45) is 1.38. The fourth-order valence-corrected chi connectivity index (χ4v) is 2.51. The van der Waals surface area contributed by atoms with E-state index in [-0.39, 0.29) is 0 Å². The molecule has 0 saturated carbocycles. The van der Waals surface area contributed by atoms with E-state index in [4.69, 9.17) is 23.2 Å². The highest BCUT2D eigenvalue weighted by molar-refractivity contribution is 6.34. The van der Waals surface area contributed by atoms with Crippen LogP contribution in [0.3, 0.4) is 0 Å². The number of hydrogen-bond donors (Lipinski definition) is 2. The summed E-state index contributed by atoms with van der Waals surface area (Å²) in [5.41, 5.74) is 1.35. The topological polar surface area (TPSA) is 70.6 Å². The van der Waals surface area contributed by atoms with Crippen molar-refractivity contribution in [3.05, 3.63) is 58.1 Å². The molecule has 2 aromatic rings. The van der Waals surface area contributed by atoms with Gasteiger partial charge < -0.3 is 10.6 Å². The van der Waals surface area contributed by atoms with Crippen molar-refractivity contribution in [2.24, 2.45) is 4.99 Å². The molecule has 7 heteroatoms. The van der Waals surface area contributed by atoms with E-state index in [1.807, 2.05) is 0 Å². The largest absolute Gasteiger partial charge is 0.336 e. The highest BCUT2D eigenvalue weighted by atomic mass is 35.5. The van der Waals surface area contributed by atoms with Gasteiger partial charge in [0.25, 0.3) is 11.8 Å². The minimum Gasteiger partial charge on any atom is -0.336 e. The quantitative estimate of drug-likeness (QED) is 0.873. The zero-order valence-electron chi connectivity index (χ0n) is 11.7. The minimum atomic E-state index is -0.912. The fourth-order valence-electron chi connectivity index (χ4n) is 2.12. The first-order chi connectivity index (χ1) is 11.0. The van der Waals surface area contributed by atoms with Crippen LogP contribution in [0.15, 0.2) is 47.5 Å². The second-order valence-corrected chi connectivity index (χ2v) is 5.70. The maximum atomic E-state index is 12.3. The summed E-state index contributed by atoms with van der Waals surface area (Å²) in [4.78, 5) is 28.7. The van der Waals surface area contributed by atoms with Crippen molar-refractivity contribution in [3.63, 3.8) is 0 Å². The number of anilines is 1. The number of aliphatic imine (C=N–C) groups is 1. The van der Waals surface area contributed by atoms with Crippen LogP contribution in [0.1, 0.15) is 10.4 Å². The molecular formula is C16H11Cl2N3O2. The average Bonchev–Trinajstić information content (AvgIpc) is 2.66. The van der Waals surface area contributed by atoms with E-state index >= 15 is 0 Å². The highest BCUT2D eigenvalue weighted by Gasteiger charge is 2.23. The van der Waals surface area contributed by atoms with Gasteiger partial charge in [0, 0.05) is 11.2 Å². The molecule has 1 unspecified atom stereocenters. The molecule has 1 atom stereocenters. The molecule has 0 radical (unpaired) electrons. The molecule has 2 aromatic carbocycles. The molecule has 3 rings (SSSR count). The molecule has 0 saturated heterocycles. The van der Waals surface area contributed by atoms with Gasteiger partial charge in [0.15, 0.2) is 0 Å². The molecule has 0 spiro atoms. The predicted octanol–water partition coefficient (Wildman–Crippen LogP) is 3.45. The summed E-state index contributed by atoms with van der Waals surface area (Å²) < 4.78 is 0. The van der Waals surface area contributed by atoms with Crippen molar-refractivity contribution in [3.8, 4) is 0 Å². The minimum absolute atomic E-state index is 0.292. The van der Waals surface area contributed by atoms with Crippen LogP contribution in [0.25, 0.3) is 0 Å². The van der Waals surface area contributed by atoms with Gasteiger partial charge in [-0.15, -0.1) is 0 Å². The first kappa shape index (κ1) is 15.5. The smallest absolute Gasteiger partial charge is 0.253 e. The molecule has 0 aromatic heterocycles. The lowest BCUT2D eigenvalue weighted by atomic mass is 10.2. The Morgan fingerprint density at radius 2 is 1.96 bits per heavy atom. The lowest BCUT2D eigenvalue weighted by molar-refractivity contribution is -0.116. The second kappa shape index (κ2) is 6.40. The number of carbonyl (C=O) groups excluding carboxylic acids is 2. The van der Waals surface area contributed by atoms with Crippen LogP contribution < -0.4 is 10.6 Å². The van der Waals surface area contributed by atoms with Gasteiger partial charge in [0.1, 0.15) is 6.04 Å². The Morgan fingerprint density at radius 1 is 1.17 bits per heavy atom. The van der Waals surface area contributed by atoms with Crippen molar-refractivity contribution in [2.75, 3.05) is 5.32 Å². The second-order valence-electron chi connectivity index (χ2n) is 4.86. The standard InChI is InChI=1S/C16H11Cl2N3O2/c17-9-5-6-12-13(7-9)20-16(23)14(8-19-12)21-15(22)10-3-1-2-4-11(10)18/h1-8,14H,(H,20,23)(H,21,22). The van der Waals surface area contributed by atoms with Crippen molar-refractivity contribution < 1.29 is 9.59 Å². The van der Waals surface area contributed by atoms with Gasteiger partial charge in [-0.25, -0.2) is 0 Å². The molecule has 23 heavy (non-hydrogen) atoms. The molecule has 1 aliphatic rings. The third-order valence-corrected chi connectivity index (χ3v) is 3.83. The van der Waals surface area contributed by atoms with E-state index in [1.54, 1.807) is 42.5 Å². The molecule has 2 amide bonds. The van der Waals surface area contributed by atoms with Crippen molar-refractivity contribution in [1.82, 2.24) is 5.32 Å². The number of hydrogen-bond acceptors (Lipinski definition) is 3. The Hall–Kier alpha value is -2.37. The molecule has 0 fully saturated rings. The summed E-state index contributed by atoms with van der Waals surface area (Å²) in [6.45, 7) is 0. The Labute approximate surface area is 142 Å². The normalized spacial score (nSPS) is 16.3. The first-order valence-corrected chi connectivity index (χ1v) is 7.50. The van der Waals surface area contributed by atoms with E-state index in [2.05, 4.69) is 15.6 Å². The van der Waals surface area contributed by atoms with Gasteiger partial charge in [0.05, 0.1) is 22.0 Å². The number of halogens is 2. The van der Waals surface area contributed by atoms with Gasteiger partial charge in [-0.05, 0) is 30.3 Å². The van der Waals surface area contributed by atoms with Gasteiger partial charge >= 0.3 is 0 Å². The van der Waals surface area contributed by atoms with E-state index in [0.717, 1.165) is 0 Å². The molecule has 1 heterocycles. The Balaban J connectivity index is 1.81. The van der Waals surface area contributed by atoms with Crippen LogP contribution in [0.4, 0.5) is 11.4 Å². The van der Waals surface area contributed by atoms with Gasteiger partial charge in [-0.1, -0.05) is 35.3 Å².